The van der Waals surface area contributed by atoms with E-state index in [4.69, 9.17) is 4.74 Å². The fourth-order valence-corrected chi connectivity index (χ4v) is 2.32. The van der Waals surface area contributed by atoms with Gasteiger partial charge in [0.1, 0.15) is 11.1 Å². The topological polar surface area (TPSA) is 79.0 Å². The van der Waals surface area contributed by atoms with Gasteiger partial charge >= 0.3 is 12.1 Å². The zero-order chi connectivity index (χ0) is 14.4. The summed E-state index contributed by atoms with van der Waals surface area (Å²) in [5, 5.41) is 2.66. The summed E-state index contributed by atoms with van der Waals surface area (Å²) >= 11 is 0. The number of imide groups is 1. The molecule has 0 aromatic rings. The van der Waals surface area contributed by atoms with Crippen molar-refractivity contribution in [3.05, 3.63) is 0 Å². The number of amides is 4. The largest absolute Gasteiger partial charge is 0.444 e. The van der Waals surface area contributed by atoms with Crippen molar-refractivity contribution in [2.24, 2.45) is 0 Å². The fourth-order valence-electron chi connectivity index (χ4n) is 2.32. The number of urea groups is 1. The summed E-state index contributed by atoms with van der Waals surface area (Å²) in [6.45, 7) is 5.92. The Hall–Kier alpha value is -1.79. The third-order valence-electron chi connectivity index (χ3n) is 3.29. The third kappa shape index (κ3) is 2.36. The molecule has 0 aromatic heterocycles. The number of nitrogens with zero attached hydrogens (tertiary/aromatic N) is 2. The molecule has 106 valence electrons. The van der Waals surface area contributed by atoms with Gasteiger partial charge in [-0.25, -0.2) is 9.59 Å². The minimum absolute atomic E-state index is 0.164. The summed E-state index contributed by atoms with van der Waals surface area (Å²) in [5.41, 5.74) is -1.55. The smallest absolute Gasteiger partial charge is 0.410 e. The van der Waals surface area contributed by atoms with Crippen LogP contribution in [-0.4, -0.2) is 59.1 Å². The van der Waals surface area contributed by atoms with E-state index in [9.17, 15) is 14.4 Å². The van der Waals surface area contributed by atoms with E-state index < -0.39 is 23.3 Å². The Morgan fingerprint density at radius 2 is 2.00 bits per heavy atom. The van der Waals surface area contributed by atoms with E-state index in [-0.39, 0.29) is 12.5 Å². The monoisotopic (exact) mass is 269 g/mol. The molecular formula is C12H19N3O4. The normalized spacial score (nSPS) is 27.2. The van der Waals surface area contributed by atoms with E-state index in [2.05, 4.69) is 5.32 Å². The Labute approximate surface area is 111 Å². The van der Waals surface area contributed by atoms with Crippen LogP contribution in [0.5, 0.6) is 0 Å². The molecule has 1 atom stereocenters. The molecule has 2 aliphatic rings. The Balaban J connectivity index is 2.07. The number of rotatable bonds is 0. The average Bonchev–Trinajstić information content (AvgIpc) is 2.77. The van der Waals surface area contributed by atoms with Gasteiger partial charge in [-0.15, -0.1) is 0 Å². The summed E-state index contributed by atoms with van der Waals surface area (Å²) in [7, 11) is 1.43. The molecule has 0 bridgehead atoms. The van der Waals surface area contributed by atoms with Crippen LogP contribution < -0.4 is 5.32 Å². The Morgan fingerprint density at radius 1 is 1.37 bits per heavy atom. The molecule has 4 amide bonds. The van der Waals surface area contributed by atoms with E-state index in [1.54, 1.807) is 20.8 Å². The zero-order valence-corrected chi connectivity index (χ0v) is 11.6. The summed E-state index contributed by atoms with van der Waals surface area (Å²) in [6, 6.07) is -0.420. The second-order valence-corrected chi connectivity index (χ2v) is 6.03. The molecule has 0 aromatic carbocycles. The van der Waals surface area contributed by atoms with Gasteiger partial charge in [0, 0.05) is 13.6 Å². The molecule has 2 aliphatic heterocycles. The third-order valence-corrected chi connectivity index (χ3v) is 3.29. The zero-order valence-electron chi connectivity index (χ0n) is 11.6. The molecule has 19 heavy (non-hydrogen) atoms. The number of ether oxygens (including phenoxy) is 1. The van der Waals surface area contributed by atoms with Crippen LogP contribution in [0.3, 0.4) is 0 Å². The van der Waals surface area contributed by atoms with Crippen LogP contribution in [0.25, 0.3) is 0 Å². The molecule has 2 heterocycles. The Kier molecular flexibility index (Phi) is 2.95. The molecule has 2 fully saturated rings. The highest BCUT2D eigenvalue weighted by molar-refractivity contribution is 6.07. The van der Waals surface area contributed by atoms with Crippen LogP contribution in [0.1, 0.15) is 27.2 Å². The molecule has 2 saturated heterocycles. The van der Waals surface area contributed by atoms with Crippen LogP contribution in [0.15, 0.2) is 0 Å². The van der Waals surface area contributed by atoms with Crippen molar-refractivity contribution < 1.29 is 19.1 Å². The van der Waals surface area contributed by atoms with Gasteiger partial charge in [0.05, 0.1) is 6.54 Å². The van der Waals surface area contributed by atoms with Crippen LogP contribution in [0, 0.1) is 0 Å². The maximum atomic E-state index is 12.1. The molecule has 0 saturated carbocycles. The summed E-state index contributed by atoms with van der Waals surface area (Å²) in [6.07, 6.45) is -0.0396. The second-order valence-electron chi connectivity index (χ2n) is 6.03. The van der Waals surface area contributed by atoms with Gasteiger partial charge in [-0.2, -0.15) is 0 Å². The molecule has 0 aliphatic carbocycles. The van der Waals surface area contributed by atoms with Gasteiger partial charge in [-0.05, 0) is 27.2 Å². The number of likely N-dealkylation sites (N-methyl/N-ethyl adjacent to an activating group) is 1. The summed E-state index contributed by atoms with van der Waals surface area (Å²) in [4.78, 5) is 38.0. The minimum atomic E-state index is -0.970. The first-order valence-electron chi connectivity index (χ1n) is 6.23. The van der Waals surface area contributed by atoms with Crippen molar-refractivity contribution in [3.8, 4) is 0 Å². The highest BCUT2D eigenvalue weighted by Gasteiger charge is 2.54. The average molecular weight is 269 g/mol. The lowest BCUT2D eigenvalue weighted by Crippen LogP contribution is -2.50. The van der Waals surface area contributed by atoms with Crippen LogP contribution in [0.2, 0.25) is 0 Å². The Morgan fingerprint density at radius 3 is 2.47 bits per heavy atom. The van der Waals surface area contributed by atoms with Gasteiger partial charge in [-0.3, -0.25) is 9.69 Å². The molecule has 7 heteroatoms. The van der Waals surface area contributed by atoms with Crippen molar-refractivity contribution in [2.75, 3.05) is 20.1 Å². The van der Waals surface area contributed by atoms with E-state index in [1.807, 2.05) is 0 Å². The highest BCUT2D eigenvalue weighted by atomic mass is 16.6. The lowest BCUT2D eigenvalue weighted by Gasteiger charge is -2.25. The SMILES string of the molecule is CN1C(=O)NC2(CCN(C(=O)OC(C)(C)C)C2)C1=O. The van der Waals surface area contributed by atoms with Gasteiger partial charge in [-0.1, -0.05) is 0 Å². The molecular weight excluding hydrogens is 250 g/mol. The maximum absolute atomic E-state index is 12.1. The first kappa shape index (κ1) is 13.6. The quantitative estimate of drug-likeness (QED) is 0.651. The number of carbonyl (C=O) groups is 3. The molecule has 1 N–H and O–H groups in total. The van der Waals surface area contributed by atoms with Crippen molar-refractivity contribution in [1.82, 2.24) is 15.1 Å². The van der Waals surface area contributed by atoms with Gasteiger partial charge < -0.3 is 15.0 Å². The van der Waals surface area contributed by atoms with Crippen LogP contribution in [-0.2, 0) is 9.53 Å². The first-order valence-corrected chi connectivity index (χ1v) is 6.23. The summed E-state index contributed by atoms with van der Waals surface area (Å²) in [5.74, 6) is -0.288. The molecule has 1 unspecified atom stereocenters. The van der Waals surface area contributed by atoms with E-state index in [0.717, 1.165) is 4.90 Å². The molecule has 7 nitrogen and oxygen atoms in total. The first-order chi connectivity index (χ1) is 8.65. The predicted molar refractivity (Wildman–Crippen MR) is 66.5 cm³/mol. The van der Waals surface area contributed by atoms with E-state index in [1.165, 1.54) is 11.9 Å². The molecule has 0 radical (unpaired) electrons. The van der Waals surface area contributed by atoms with Gasteiger partial charge in [0.2, 0.25) is 0 Å². The lowest BCUT2D eigenvalue weighted by atomic mass is 9.99. The number of hydrogen-bond donors (Lipinski definition) is 1. The van der Waals surface area contributed by atoms with Crippen molar-refractivity contribution in [1.29, 1.82) is 0 Å². The van der Waals surface area contributed by atoms with Gasteiger partial charge in [0.25, 0.3) is 5.91 Å². The highest BCUT2D eigenvalue weighted by Crippen LogP contribution is 2.28. The fraction of sp³-hybridized carbons (Fsp3) is 0.750. The summed E-state index contributed by atoms with van der Waals surface area (Å²) < 4.78 is 5.26. The molecule has 1 spiro atoms. The van der Waals surface area contributed by atoms with Crippen molar-refractivity contribution >= 4 is 18.0 Å². The van der Waals surface area contributed by atoms with E-state index in [0.29, 0.717) is 13.0 Å². The van der Waals surface area contributed by atoms with Crippen LogP contribution in [0.4, 0.5) is 9.59 Å². The van der Waals surface area contributed by atoms with Crippen molar-refractivity contribution in [3.63, 3.8) is 0 Å². The number of hydrogen-bond acceptors (Lipinski definition) is 4. The number of nitrogens with one attached hydrogen (secondary N) is 1. The Bertz CT molecular complexity index is 443. The second kappa shape index (κ2) is 4.11. The number of carbonyl (C=O) groups excluding carboxylic acids is 3. The standard InChI is InChI=1S/C12H19N3O4/c1-11(2,3)19-10(18)15-6-5-12(7-15)8(16)14(4)9(17)13-12/h5-7H2,1-4H3,(H,13,17). The van der Waals surface area contributed by atoms with E-state index >= 15 is 0 Å². The van der Waals surface area contributed by atoms with Crippen molar-refractivity contribution in [2.45, 2.75) is 38.3 Å². The minimum Gasteiger partial charge on any atom is -0.444 e. The predicted octanol–water partition coefficient (Wildman–Crippen LogP) is 0.548. The number of likely N-dealkylation sites (tertiary alicyclic amines) is 1. The van der Waals surface area contributed by atoms with Crippen LogP contribution >= 0.6 is 0 Å². The van der Waals surface area contributed by atoms with Gasteiger partial charge in [0.15, 0.2) is 0 Å². The molecule has 2 rings (SSSR count). The maximum Gasteiger partial charge on any atom is 0.410 e. The lowest BCUT2D eigenvalue weighted by molar-refractivity contribution is -0.129.